The van der Waals surface area contributed by atoms with Crippen molar-refractivity contribution in [2.75, 3.05) is 7.11 Å². The summed E-state index contributed by atoms with van der Waals surface area (Å²) in [5.41, 5.74) is 4.49. The summed E-state index contributed by atoms with van der Waals surface area (Å²) in [7, 11) is 1.44. The molecule has 0 saturated heterocycles. The Bertz CT molecular complexity index is 577. The number of nitrogens with two attached hydrogens (primary N) is 1. The zero-order valence-electron chi connectivity index (χ0n) is 10.4. The standard InChI is InChI=1S/C14H14FIN2O/c1-19-13-7-6-9(8-11(13)15)14(18-17)10-4-2-3-5-12(10)16/h2-8,14,18H,17H2,1H3. The molecule has 0 fully saturated rings. The molecule has 0 aromatic heterocycles. The van der Waals surface area contributed by atoms with Crippen molar-refractivity contribution >= 4 is 22.6 Å². The number of halogens is 2. The van der Waals surface area contributed by atoms with Crippen molar-refractivity contribution in [1.82, 2.24) is 5.43 Å². The highest BCUT2D eigenvalue weighted by atomic mass is 127. The van der Waals surface area contributed by atoms with Crippen LogP contribution in [0.1, 0.15) is 17.2 Å². The summed E-state index contributed by atoms with van der Waals surface area (Å²) < 4.78 is 19.8. The van der Waals surface area contributed by atoms with Crippen molar-refractivity contribution in [2.24, 2.45) is 5.84 Å². The Hall–Kier alpha value is -1.18. The molecule has 0 heterocycles. The fourth-order valence-corrected chi connectivity index (χ4v) is 2.64. The highest BCUT2D eigenvalue weighted by molar-refractivity contribution is 14.1. The zero-order valence-corrected chi connectivity index (χ0v) is 12.5. The van der Waals surface area contributed by atoms with Gasteiger partial charge in [-0.3, -0.25) is 5.84 Å². The number of hydrogen-bond donors (Lipinski definition) is 2. The molecule has 1 atom stereocenters. The second-order valence-electron chi connectivity index (χ2n) is 4.02. The summed E-state index contributed by atoms with van der Waals surface area (Å²) in [6.07, 6.45) is 0. The van der Waals surface area contributed by atoms with Crippen LogP contribution in [0.4, 0.5) is 4.39 Å². The van der Waals surface area contributed by atoms with E-state index in [1.165, 1.54) is 13.2 Å². The molecule has 0 aliphatic rings. The van der Waals surface area contributed by atoms with Gasteiger partial charge in [0.25, 0.3) is 0 Å². The van der Waals surface area contributed by atoms with Gasteiger partial charge in [0, 0.05) is 3.57 Å². The first kappa shape index (κ1) is 14.2. The highest BCUT2D eigenvalue weighted by Gasteiger charge is 2.16. The Labute approximate surface area is 125 Å². The first-order chi connectivity index (χ1) is 9.17. The summed E-state index contributed by atoms with van der Waals surface area (Å²) in [6, 6.07) is 12.4. The Morgan fingerprint density at radius 3 is 2.58 bits per heavy atom. The number of hydrazine groups is 1. The average Bonchev–Trinajstić information content (AvgIpc) is 2.42. The Balaban J connectivity index is 2.43. The molecule has 19 heavy (non-hydrogen) atoms. The van der Waals surface area contributed by atoms with Gasteiger partial charge in [0.05, 0.1) is 13.2 Å². The molecule has 2 aromatic carbocycles. The SMILES string of the molecule is COc1ccc(C(NN)c2ccccc2I)cc1F. The normalized spacial score (nSPS) is 12.2. The van der Waals surface area contributed by atoms with Crippen molar-refractivity contribution in [1.29, 1.82) is 0 Å². The van der Waals surface area contributed by atoms with E-state index in [2.05, 4.69) is 28.0 Å². The predicted octanol–water partition coefficient (Wildman–Crippen LogP) is 2.99. The number of benzene rings is 2. The second-order valence-corrected chi connectivity index (χ2v) is 5.18. The van der Waals surface area contributed by atoms with E-state index in [1.54, 1.807) is 12.1 Å². The van der Waals surface area contributed by atoms with Crippen LogP contribution in [0.2, 0.25) is 0 Å². The highest BCUT2D eigenvalue weighted by Crippen LogP contribution is 2.28. The van der Waals surface area contributed by atoms with Gasteiger partial charge in [-0.15, -0.1) is 0 Å². The third-order valence-electron chi connectivity index (χ3n) is 2.89. The van der Waals surface area contributed by atoms with Crippen molar-refractivity contribution in [3.8, 4) is 5.75 Å². The molecule has 3 N–H and O–H groups in total. The topological polar surface area (TPSA) is 47.3 Å². The van der Waals surface area contributed by atoms with Crippen molar-refractivity contribution in [2.45, 2.75) is 6.04 Å². The molecule has 3 nitrogen and oxygen atoms in total. The van der Waals surface area contributed by atoms with Crippen LogP contribution in [0.25, 0.3) is 0 Å². The first-order valence-corrected chi connectivity index (χ1v) is 6.79. The van der Waals surface area contributed by atoms with Gasteiger partial charge in [0.1, 0.15) is 0 Å². The smallest absolute Gasteiger partial charge is 0.165 e. The van der Waals surface area contributed by atoms with Crippen LogP contribution in [0.3, 0.4) is 0 Å². The fourth-order valence-electron chi connectivity index (χ4n) is 1.94. The van der Waals surface area contributed by atoms with Gasteiger partial charge in [-0.25, -0.2) is 9.82 Å². The minimum Gasteiger partial charge on any atom is -0.494 e. The third-order valence-corrected chi connectivity index (χ3v) is 3.87. The monoisotopic (exact) mass is 372 g/mol. The average molecular weight is 372 g/mol. The van der Waals surface area contributed by atoms with Gasteiger partial charge < -0.3 is 4.74 Å². The quantitative estimate of drug-likeness (QED) is 0.493. The molecule has 0 radical (unpaired) electrons. The number of hydrogen-bond acceptors (Lipinski definition) is 3. The minimum absolute atomic E-state index is 0.224. The van der Waals surface area contributed by atoms with Gasteiger partial charge >= 0.3 is 0 Å². The van der Waals surface area contributed by atoms with E-state index in [4.69, 9.17) is 10.6 Å². The van der Waals surface area contributed by atoms with E-state index < -0.39 is 5.82 Å². The summed E-state index contributed by atoms with van der Waals surface area (Å²) in [6.45, 7) is 0. The number of methoxy groups -OCH3 is 1. The van der Waals surface area contributed by atoms with Gasteiger partial charge in [-0.1, -0.05) is 24.3 Å². The summed E-state index contributed by atoms with van der Waals surface area (Å²) in [4.78, 5) is 0. The minimum atomic E-state index is -0.397. The lowest BCUT2D eigenvalue weighted by Gasteiger charge is -2.19. The number of ether oxygens (including phenoxy) is 1. The van der Waals surface area contributed by atoms with Gasteiger partial charge in [-0.05, 0) is 51.9 Å². The lowest BCUT2D eigenvalue weighted by Crippen LogP contribution is -2.29. The van der Waals surface area contributed by atoms with Crippen LogP contribution in [0.15, 0.2) is 42.5 Å². The molecule has 2 rings (SSSR count). The van der Waals surface area contributed by atoms with Crippen molar-refractivity contribution < 1.29 is 9.13 Å². The Kier molecular flexibility index (Phi) is 4.73. The van der Waals surface area contributed by atoms with E-state index in [0.29, 0.717) is 0 Å². The molecular formula is C14H14FIN2O. The van der Waals surface area contributed by atoms with Crippen LogP contribution < -0.4 is 16.0 Å². The summed E-state index contributed by atoms with van der Waals surface area (Å²) >= 11 is 2.23. The maximum Gasteiger partial charge on any atom is 0.165 e. The lowest BCUT2D eigenvalue weighted by molar-refractivity contribution is 0.385. The van der Waals surface area contributed by atoms with E-state index >= 15 is 0 Å². The number of nitrogens with one attached hydrogen (secondary N) is 1. The van der Waals surface area contributed by atoms with Gasteiger partial charge in [-0.2, -0.15) is 0 Å². The number of rotatable bonds is 4. The van der Waals surface area contributed by atoms with E-state index in [9.17, 15) is 4.39 Å². The second kappa shape index (κ2) is 6.31. The largest absolute Gasteiger partial charge is 0.494 e. The van der Waals surface area contributed by atoms with E-state index in [1.807, 2.05) is 24.3 Å². The van der Waals surface area contributed by atoms with E-state index in [0.717, 1.165) is 14.7 Å². The molecule has 0 saturated carbocycles. The van der Waals surface area contributed by atoms with Crippen LogP contribution in [-0.2, 0) is 0 Å². The van der Waals surface area contributed by atoms with Gasteiger partial charge in [0.15, 0.2) is 11.6 Å². The lowest BCUT2D eigenvalue weighted by atomic mass is 9.99. The Morgan fingerprint density at radius 1 is 1.26 bits per heavy atom. The van der Waals surface area contributed by atoms with E-state index in [-0.39, 0.29) is 11.8 Å². The van der Waals surface area contributed by atoms with Crippen LogP contribution in [-0.4, -0.2) is 7.11 Å². The molecule has 1 unspecified atom stereocenters. The zero-order chi connectivity index (χ0) is 13.8. The molecule has 5 heteroatoms. The molecule has 0 amide bonds. The molecule has 100 valence electrons. The molecule has 0 aliphatic heterocycles. The predicted molar refractivity (Wildman–Crippen MR) is 81.3 cm³/mol. The third kappa shape index (κ3) is 3.05. The van der Waals surface area contributed by atoms with Crippen LogP contribution in [0, 0.1) is 9.39 Å². The molecule has 0 aliphatic carbocycles. The van der Waals surface area contributed by atoms with Crippen molar-refractivity contribution in [3.05, 3.63) is 63.0 Å². The maximum atomic E-state index is 13.8. The summed E-state index contributed by atoms with van der Waals surface area (Å²) in [5, 5.41) is 0. The van der Waals surface area contributed by atoms with Crippen LogP contribution in [0.5, 0.6) is 5.75 Å². The molecule has 0 bridgehead atoms. The molecule has 2 aromatic rings. The summed E-state index contributed by atoms with van der Waals surface area (Å²) in [5.74, 6) is 5.45. The Morgan fingerprint density at radius 2 is 2.00 bits per heavy atom. The van der Waals surface area contributed by atoms with Crippen LogP contribution >= 0.6 is 22.6 Å². The van der Waals surface area contributed by atoms with Crippen molar-refractivity contribution in [3.63, 3.8) is 0 Å². The molecular weight excluding hydrogens is 358 g/mol. The first-order valence-electron chi connectivity index (χ1n) is 5.71. The maximum absolute atomic E-state index is 13.8. The van der Waals surface area contributed by atoms with Gasteiger partial charge in [0.2, 0.25) is 0 Å². The fraction of sp³-hybridized carbons (Fsp3) is 0.143. The molecule has 0 spiro atoms.